The molecule has 0 aromatic heterocycles. The summed E-state index contributed by atoms with van der Waals surface area (Å²) in [7, 11) is 0. The molecule has 0 heterocycles. The Morgan fingerprint density at radius 2 is 1.22 bits per heavy atom. The molecule has 2 aromatic carbocycles. The fraction of sp³-hybridized carbons (Fsp3) is 0.304. The van der Waals surface area contributed by atoms with Gasteiger partial charge in [-0.15, -0.1) is 0 Å². The molecule has 122 valence electrons. The van der Waals surface area contributed by atoms with Crippen LogP contribution in [0.25, 0.3) is 11.6 Å². The van der Waals surface area contributed by atoms with Crippen LogP contribution in [0.3, 0.4) is 0 Å². The van der Waals surface area contributed by atoms with E-state index in [1.807, 2.05) is 12.1 Å². The van der Waals surface area contributed by atoms with Crippen molar-refractivity contribution >= 4 is 11.6 Å². The predicted octanol–water partition coefficient (Wildman–Crippen LogP) is 7.25. The zero-order valence-corrected chi connectivity index (χ0v) is 15.4. The van der Waals surface area contributed by atoms with Gasteiger partial charge in [0, 0.05) is 0 Å². The average molecular weight is 306 g/mol. The lowest BCUT2D eigenvalue weighted by Crippen LogP contribution is -1.87. The Morgan fingerprint density at radius 3 is 1.65 bits per heavy atom. The molecule has 0 aliphatic rings. The molecular formula is C23H30. The van der Waals surface area contributed by atoms with Gasteiger partial charge in [-0.3, -0.25) is 0 Å². The van der Waals surface area contributed by atoms with Crippen LogP contribution in [0.2, 0.25) is 0 Å². The first-order chi connectivity index (χ1) is 10.9. The molecule has 0 amide bonds. The van der Waals surface area contributed by atoms with Gasteiger partial charge in [0.25, 0.3) is 0 Å². The summed E-state index contributed by atoms with van der Waals surface area (Å²) < 4.78 is 0. The van der Waals surface area contributed by atoms with E-state index in [0.717, 1.165) is 0 Å². The van der Waals surface area contributed by atoms with E-state index in [4.69, 9.17) is 0 Å². The normalized spacial score (nSPS) is 10.8. The monoisotopic (exact) mass is 306 g/mol. The van der Waals surface area contributed by atoms with Crippen molar-refractivity contribution in [1.29, 1.82) is 0 Å². The molecule has 0 N–H and O–H groups in total. The van der Waals surface area contributed by atoms with Crippen LogP contribution in [0.4, 0.5) is 0 Å². The third-order valence-electron chi connectivity index (χ3n) is 4.06. The molecule has 0 aliphatic heterocycles. The Hall–Kier alpha value is -2.08. The van der Waals surface area contributed by atoms with Gasteiger partial charge in [0.05, 0.1) is 0 Å². The lowest BCUT2D eigenvalue weighted by atomic mass is 10.0. The largest absolute Gasteiger partial charge is 0.0729 e. The van der Waals surface area contributed by atoms with Gasteiger partial charge in [-0.25, -0.2) is 0 Å². The Labute approximate surface area is 142 Å². The smallest absolute Gasteiger partial charge is 0.0228 e. The second-order valence-corrected chi connectivity index (χ2v) is 6.44. The molecule has 0 radical (unpaired) electrons. The number of hydrogen-bond acceptors (Lipinski definition) is 0. The zero-order chi connectivity index (χ0) is 17.2. The van der Waals surface area contributed by atoms with Crippen molar-refractivity contribution < 1.29 is 0 Å². The molecule has 0 fully saturated rings. The molecule has 0 bridgehead atoms. The standard InChI is InChI=1S/C12H16.C11H14/c1-10(2)11(3)9-12-7-5-4-6-8-12;1-9(2)10(3)11-7-5-4-6-8-11/h4-10H,1-3H3;4-8H,1-3H3/b11-9+;. The molecule has 0 nitrogen and oxygen atoms in total. The van der Waals surface area contributed by atoms with Crippen molar-refractivity contribution in [1.82, 2.24) is 0 Å². The molecule has 0 unspecified atom stereocenters. The van der Waals surface area contributed by atoms with E-state index in [1.165, 1.54) is 27.8 Å². The van der Waals surface area contributed by atoms with E-state index in [2.05, 4.69) is 96.1 Å². The van der Waals surface area contributed by atoms with E-state index in [9.17, 15) is 0 Å². The van der Waals surface area contributed by atoms with Gasteiger partial charge in [0.1, 0.15) is 0 Å². The lowest BCUT2D eigenvalue weighted by Gasteiger charge is -2.04. The SMILES string of the molecule is C/C(=C\c1ccccc1)C(C)C.CC(C)=C(C)c1ccccc1. The van der Waals surface area contributed by atoms with Crippen molar-refractivity contribution in [2.45, 2.75) is 41.5 Å². The average Bonchev–Trinajstić information content (AvgIpc) is 2.56. The van der Waals surface area contributed by atoms with Crippen molar-refractivity contribution in [3.8, 4) is 0 Å². The van der Waals surface area contributed by atoms with Crippen LogP contribution in [0.5, 0.6) is 0 Å². The van der Waals surface area contributed by atoms with Gasteiger partial charge in [0.15, 0.2) is 0 Å². The summed E-state index contributed by atoms with van der Waals surface area (Å²) in [5.74, 6) is 0.644. The summed E-state index contributed by atoms with van der Waals surface area (Å²) in [5, 5.41) is 0. The maximum absolute atomic E-state index is 2.24. The van der Waals surface area contributed by atoms with Gasteiger partial charge >= 0.3 is 0 Å². The first-order valence-corrected chi connectivity index (χ1v) is 8.34. The van der Waals surface area contributed by atoms with E-state index in [0.29, 0.717) is 5.92 Å². The lowest BCUT2D eigenvalue weighted by molar-refractivity contribution is 0.776. The maximum atomic E-state index is 2.24. The van der Waals surface area contributed by atoms with Gasteiger partial charge in [-0.2, -0.15) is 0 Å². The minimum Gasteiger partial charge on any atom is -0.0729 e. The molecule has 0 atom stereocenters. The summed E-state index contributed by atoms with van der Waals surface area (Å²) in [6, 6.07) is 20.9. The molecule has 0 saturated carbocycles. The van der Waals surface area contributed by atoms with Gasteiger partial charge in [0.2, 0.25) is 0 Å². The minimum atomic E-state index is 0.644. The van der Waals surface area contributed by atoms with Crippen LogP contribution in [0.15, 0.2) is 71.8 Å². The molecule has 2 rings (SSSR count). The van der Waals surface area contributed by atoms with Gasteiger partial charge in [-0.1, -0.05) is 91.7 Å². The number of hydrogen-bond donors (Lipinski definition) is 0. The predicted molar refractivity (Wildman–Crippen MR) is 105 cm³/mol. The maximum Gasteiger partial charge on any atom is -0.0228 e. The molecule has 23 heavy (non-hydrogen) atoms. The molecule has 2 aromatic rings. The van der Waals surface area contributed by atoms with Crippen molar-refractivity contribution in [2.24, 2.45) is 5.92 Å². The highest BCUT2D eigenvalue weighted by molar-refractivity contribution is 5.65. The summed E-state index contributed by atoms with van der Waals surface area (Å²) >= 11 is 0. The van der Waals surface area contributed by atoms with Gasteiger partial charge in [-0.05, 0) is 50.3 Å². The third-order valence-corrected chi connectivity index (χ3v) is 4.06. The fourth-order valence-corrected chi connectivity index (χ4v) is 1.96. The molecular weight excluding hydrogens is 276 g/mol. The zero-order valence-electron chi connectivity index (χ0n) is 15.4. The van der Waals surface area contributed by atoms with Crippen LogP contribution in [-0.2, 0) is 0 Å². The highest BCUT2D eigenvalue weighted by atomic mass is 14.0. The van der Waals surface area contributed by atoms with Crippen LogP contribution in [-0.4, -0.2) is 0 Å². The van der Waals surface area contributed by atoms with Crippen LogP contribution in [0, 0.1) is 5.92 Å². The molecule has 0 spiro atoms. The van der Waals surface area contributed by atoms with Crippen molar-refractivity contribution in [3.63, 3.8) is 0 Å². The minimum absolute atomic E-state index is 0.644. The second-order valence-electron chi connectivity index (χ2n) is 6.44. The third kappa shape index (κ3) is 7.15. The van der Waals surface area contributed by atoms with Crippen LogP contribution < -0.4 is 0 Å². The Kier molecular flexibility index (Phi) is 8.11. The number of allylic oxidation sites excluding steroid dienone is 3. The van der Waals surface area contributed by atoms with Crippen molar-refractivity contribution in [2.75, 3.05) is 0 Å². The first-order valence-electron chi connectivity index (χ1n) is 8.34. The summed E-state index contributed by atoms with van der Waals surface area (Å²) in [6.07, 6.45) is 2.24. The number of benzene rings is 2. The first kappa shape index (κ1) is 19.0. The second kappa shape index (κ2) is 9.84. The highest BCUT2D eigenvalue weighted by Gasteiger charge is 1.95. The molecule has 0 aliphatic carbocycles. The summed E-state index contributed by atoms with van der Waals surface area (Å²) in [5.41, 5.74) is 6.82. The van der Waals surface area contributed by atoms with Crippen molar-refractivity contribution in [3.05, 3.63) is 82.9 Å². The Morgan fingerprint density at radius 1 is 0.739 bits per heavy atom. The summed E-state index contributed by atoms with van der Waals surface area (Å²) in [6.45, 7) is 13.1. The van der Waals surface area contributed by atoms with Gasteiger partial charge < -0.3 is 0 Å². The van der Waals surface area contributed by atoms with Crippen LogP contribution in [0.1, 0.15) is 52.7 Å². The highest BCUT2D eigenvalue weighted by Crippen LogP contribution is 2.16. The topological polar surface area (TPSA) is 0 Å². The fourth-order valence-electron chi connectivity index (χ4n) is 1.96. The van der Waals surface area contributed by atoms with E-state index >= 15 is 0 Å². The van der Waals surface area contributed by atoms with E-state index < -0.39 is 0 Å². The Balaban J connectivity index is 0.000000231. The van der Waals surface area contributed by atoms with E-state index in [1.54, 1.807) is 0 Å². The quantitative estimate of drug-likeness (QED) is 0.560. The Bertz CT molecular complexity index is 624. The summed E-state index contributed by atoms with van der Waals surface area (Å²) in [4.78, 5) is 0. The van der Waals surface area contributed by atoms with E-state index in [-0.39, 0.29) is 0 Å². The molecule has 0 saturated heterocycles. The molecule has 0 heteroatoms. The van der Waals surface area contributed by atoms with Crippen LogP contribution >= 0.6 is 0 Å². The number of rotatable bonds is 3.